The molecule has 0 spiro atoms. The minimum Gasteiger partial charge on any atom is -0.481 e. The highest BCUT2D eigenvalue weighted by Crippen LogP contribution is 2.43. The molecule has 0 heterocycles. The van der Waals surface area contributed by atoms with Crippen LogP contribution in [-0.4, -0.2) is 11.1 Å². The monoisotopic (exact) mass is 198 g/mol. The van der Waals surface area contributed by atoms with Crippen LogP contribution in [0, 0.1) is 11.3 Å². The van der Waals surface area contributed by atoms with Crippen LogP contribution in [0.2, 0.25) is 0 Å². The van der Waals surface area contributed by atoms with E-state index in [1.807, 2.05) is 0 Å². The van der Waals surface area contributed by atoms with E-state index in [1.54, 1.807) is 0 Å². The lowest BCUT2D eigenvalue weighted by Crippen LogP contribution is -2.35. The molecule has 0 aliphatic heterocycles. The molecule has 0 radical (unpaired) electrons. The molecule has 2 nitrogen and oxygen atoms in total. The van der Waals surface area contributed by atoms with E-state index in [1.165, 1.54) is 6.42 Å². The zero-order valence-corrected chi connectivity index (χ0v) is 9.38. The number of carboxylic acids is 1. The summed E-state index contributed by atoms with van der Waals surface area (Å²) in [5.41, 5.74) is -0.381. The number of rotatable bonds is 4. The minimum absolute atomic E-state index is 0.381. The maximum Gasteiger partial charge on any atom is 0.309 e. The third kappa shape index (κ3) is 2.49. The lowest BCUT2D eigenvalue weighted by Gasteiger charge is -2.36. The van der Waals surface area contributed by atoms with Gasteiger partial charge in [0.25, 0.3) is 0 Å². The van der Waals surface area contributed by atoms with E-state index in [4.69, 9.17) is 0 Å². The third-order valence-corrected chi connectivity index (χ3v) is 3.55. The van der Waals surface area contributed by atoms with Gasteiger partial charge in [-0.05, 0) is 25.2 Å². The normalized spacial score (nSPS) is 32.9. The largest absolute Gasteiger partial charge is 0.481 e. The van der Waals surface area contributed by atoms with Crippen LogP contribution in [0.5, 0.6) is 0 Å². The number of hydrogen-bond acceptors (Lipinski definition) is 1. The smallest absolute Gasteiger partial charge is 0.309 e. The molecular weight excluding hydrogens is 176 g/mol. The van der Waals surface area contributed by atoms with Crippen molar-refractivity contribution in [3.05, 3.63) is 0 Å². The molecule has 1 aliphatic carbocycles. The van der Waals surface area contributed by atoms with E-state index in [0.717, 1.165) is 38.5 Å². The van der Waals surface area contributed by atoms with Crippen molar-refractivity contribution in [1.82, 2.24) is 0 Å². The van der Waals surface area contributed by atoms with Gasteiger partial charge in [0.2, 0.25) is 0 Å². The summed E-state index contributed by atoms with van der Waals surface area (Å²) in [5, 5.41) is 9.33. The molecule has 0 saturated heterocycles. The van der Waals surface area contributed by atoms with E-state index in [2.05, 4.69) is 13.8 Å². The molecule has 1 N–H and O–H groups in total. The summed E-state index contributed by atoms with van der Waals surface area (Å²) in [6, 6.07) is 0. The van der Waals surface area contributed by atoms with Gasteiger partial charge in [0.05, 0.1) is 5.41 Å². The Morgan fingerprint density at radius 1 is 1.57 bits per heavy atom. The third-order valence-electron chi connectivity index (χ3n) is 3.55. The van der Waals surface area contributed by atoms with Gasteiger partial charge < -0.3 is 5.11 Å². The molecule has 2 atom stereocenters. The van der Waals surface area contributed by atoms with Gasteiger partial charge in [-0.1, -0.05) is 39.5 Å². The zero-order valence-electron chi connectivity index (χ0n) is 9.38. The molecule has 1 saturated carbocycles. The van der Waals surface area contributed by atoms with E-state index in [9.17, 15) is 9.90 Å². The Labute approximate surface area is 86.7 Å². The van der Waals surface area contributed by atoms with Crippen molar-refractivity contribution < 1.29 is 9.90 Å². The molecular formula is C12H22O2. The van der Waals surface area contributed by atoms with E-state index in [-0.39, 0.29) is 5.41 Å². The summed E-state index contributed by atoms with van der Waals surface area (Å²) in [6.45, 7) is 4.31. The summed E-state index contributed by atoms with van der Waals surface area (Å²) < 4.78 is 0. The Morgan fingerprint density at radius 2 is 2.29 bits per heavy atom. The molecule has 2 unspecified atom stereocenters. The molecule has 1 fully saturated rings. The second kappa shape index (κ2) is 4.81. The van der Waals surface area contributed by atoms with Crippen LogP contribution in [0.4, 0.5) is 0 Å². The Bertz CT molecular complexity index is 200. The first-order valence-corrected chi connectivity index (χ1v) is 5.84. The molecule has 0 aromatic heterocycles. The van der Waals surface area contributed by atoms with Gasteiger partial charge >= 0.3 is 5.97 Å². The van der Waals surface area contributed by atoms with Crippen LogP contribution in [0.25, 0.3) is 0 Å². The molecule has 14 heavy (non-hydrogen) atoms. The standard InChI is InChI=1S/C12H22O2/c1-3-4-7-12(11(13)14)8-5-6-10(2)9-12/h10H,3-9H2,1-2H3,(H,13,14). The molecule has 82 valence electrons. The minimum atomic E-state index is -0.558. The number of carboxylic acid groups (broad SMARTS) is 1. The number of carbonyl (C=O) groups is 1. The predicted molar refractivity (Wildman–Crippen MR) is 57.2 cm³/mol. The topological polar surface area (TPSA) is 37.3 Å². The molecule has 0 bridgehead atoms. The second-order valence-corrected chi connectivity index (χ2v) is 4.89. The highest BCUT2D eigenvalue weighted by molar-refractivity contribution is 5.74. The summed E-state index contributed by atoms with van der Waals surface area (Å²) in [6.07, 6.45) is 7.12. The van der Waals surface area contributed by atoms with Gasteiger partial charge in [0.15, 0.2) is 0 Å². The average molecular weight is 198 g/mol. The summed E-state index contributed by atoms with van der Waals surface area (Å²) in [7, 11) is 0. The van der Waals surface area contributed by atoms with Gasteiger partial charge in [-0.3, -0.25) is 4.79 Å². The average Bonchev–Trinajstić information content (AvgIpc) is 2.14. The summed E-state index contributed by atoms with van der Waals surface area (Å²) >= 11 is 0. The van der Waals surface area contributed by atoms with Gasteiger partial charge in [0.1, 0.15) is 0 Å². The lowest BCUT2D eigenvalue weighted by molar-refractivity contribution is -0.152. The highest BCUT2D eigenvalue weighted by atomic mass is 16.4. The van der Waals surface area contributed by atoms with Gasteiger partial charge in [0, 0.05) is 0 Å². The van der Waals surface area contributed by atoms with Crippen molar-refractivity contribution in [3.63, 3.8) is 0 Å². The summed E-state index contributed by atoms with van der Waals surface area (Å²) in [5.74, 6) is 0.0363. The molecule has 0 aromatic rings. The first kappa shape index (κ1) is 11.5. The van der Waals surface area contributed by atoms with E-state index < -0.39 is 5.97 Å². The van der Waals surface area contributed by atoms with Crippen molar-refractivity contribution >= 4 is 5.97 Å². The maximum absolute atomic E-state index is 11.3. The fourth-order valence-electron chi connectivity index (χ4n) is 2.70. The van der Waals surface area contributed by atoms with Crippen LogP contribution in [0.15, 0.2) is 0 Å². The molecule has 2 heteroatoms. The SMILES string of the molecule is CCCCC1(C(=O)O)CCCC(C)C1. The van der Waals surface area contributed by atoms with Gasteiger partial charge in [-0.15, -0.1) is 0 Å². The van der Waals surface area contributed by atoms with Crippen LogP contribution in [-0.2, 0) is 4.79 Å². The van der Waals surface area contributed by atoms with Gasteiger partial charge in [-0.2, -0.15) is 0 Å². The summed E-state index contributed by atoms with van der Waals surface area (Å²) in [4.78, 5) is 11.3. The molecule has 0 aromatic carbocycles. The van der Waals surface area contributed by atoms with Crippen LogP contribution >= 0.6 is 0 Å². The number of aliphatic carboxylic acids is 1. The van der Waals surface area contributed by atoms with Crippen molar-refractivity contribution in [1.29, 1.82) is 0 Å². The molecule has 1 aliphatic rings. The fourth-order valence-corrected chi connectivity index (χ4v) is 2.70. The highest BCUT2D eigenvalue weighted by Gasteiger charge is 2.40. The zero-order chi connectivity index (χ0) is 10.6. The van der Waals surface area contributed by atoms with Crippen LogP contribution < -0.4 is 0 Å². The number of hydrogen-bond donors (Lipinski definition) is 1. The lowest BCUT2D eigenvalue weighted by atomic mass is 9.67. The Balaban J connectivity index is 2.65. The quantitative estimate of drug-likeness (QED) is 0.751. The second-order valence-electron chi connectivity index (χ2n) is 4.89. The number of unbranched alkanes of at least 4 members (excludes halogenated alkanes) is 1. The van der Waals surface area contributed by atoms with Crippen LogP contribution in [0.1, 0.15) is 58.8 Å². The first-order chi connectivity index (χ1) is 6.60. The maximum atomic E-state index is 11.3. The molecule has 0 amide bonds. The first-order valence-electron chi connectivity index (χ1n) is 5.84. The van der Waals surface area contributed by atoms with Crippen LogP contribution in [0.3, 0.4) is 0 Å². The Kier molecular flexibility index (Phi) is 3.97. The fraction of sp³-hybridized carbons (Fsp3) is 0.917. The van der Waals surface area contributed by atoms with Crippen molar-refractivity contribution in [2.75, 3.05) is 0 Å². The van der Waals surface area contributed by atoms with E-state index >= 15 is 0 Å². The van der Waals surface area contributed by atoms with E-state index in [0.29, 0.717) is 5.92 Å². The predicted octanol–water partition coefficient (Wildman–Crippen LogP) is 3.46. The van der Waals surface area contributed by atoms with Crippen molar-refractivity contribution in [2.24, 2.45) is 11.3 Å². The van der Waals surface area contributed by atoms with Crippen molar-refractivity contribution in [3.8, 4) is 0 Å². The Hall–Kier alpha value is -0.530. The Morgan fingerprint density at radius 3 is 2.79 bits per heavy atom. The van der Waals surface area contributed by atoms with Crippen molar-refractivity contribution in [2.45, 2.75) is 58.8 Å². The van der Waals surface area contributed by atoms with Gasteiger partial charge in [-0.25, -0.2) is 0 Å². The molecule has 1 rings (SSSR count).